The Morgan fingerprint density at radius 1 is 1.20 bits per heavy atom. The van der Waals surface area contributed by atoms with Crippen LogP contribution in [0.5, 0.6) is 0 Å². The quantitative estimate of drug-likeness (QED) is 0.386. The highest BCUT2D eigenvalue weighted by Gasteiger charge is 2.11. The molecule has 0 radical (unpaired) electrons. The molecule has 0 aliphatic rings. The predicted molar refractivity (Wildman–Crippen MR) is 72.3 cm³/mol. The maximum absolute atomic E-state index is 5.60. The van der Waals surface area contributed by atoms with Crippen LogP contribution in [0.15, 0.2) is 0 Å². The van der Waals surface area contributed by atoms with Gasteiger partial charge in [-0.05, 0) is 24.5 Å². The molecule has 0 fully saturated rings. The van der Waals surface area contributed by atoms with E-state index in [0.29, 0.717) is 0 Å². The second-order valence-corrected chi connectivity index (χ2v) is 10.3. The lowest BCUT2D eigenvalue weighted by molar-refractivity contribution is 1.38. The molecule has 0 rings (SSSR count). The third-order valence-electron chi connectivity index (χ3n) is 1.56. The fourth-order valence-electron chi connectivity index (χ4n) is 0.736. The van der Waals surface area contributed by atoms with E-state index in [-0.39, 0.29) is 0 Å². The van der Waals surface area contributed by atoms with Gasteiger partial charge in [0, 0.05) is 8.86 Å². The van der Waals surface area contributed by atoms with Gasteiger partial charge in [-0.15, -0.1) is 0 Å². The molecule has 0 aromatic carbocycles. The van der Waals surface area contributed by atoms with Gasteiger partial charge in [-0.2, -0.15) is 0 Å². The van der Waals surface area contributed by atoms with Gasteiger partial charge in [0.1, 0.15) is 0 Å². The maximum atomic E-state index is 5.60. The van der Waals surface area contributed by atoms with Gasteiger partial charge in [0.2, 0.25) is 0 Å². The fourth-order valence-corrected chi connectivity index (χ4v) is 10.3. The van der Waals surface area contributed by atoms with Crippen LogP contribution < -0.4 is 0 Å². The van der Waals surface area contributed by atoms with Crippen molar-refractivity contribution in [2.75, 3.05) is 27.3 Å². The van der Waals surface area contributed by atoms with Gasteiger partial charge < -0.3 is 0 Å². The molecule has 0 bridgehead atoms. The first-order valence-corrected chi connectivity index (χ1v) is 9.78. The fraction of sp³-hybridized carbons (Fsp3) is 1.00. The van der Waals surface area contributed by atoms with Crippen LogP contribution in [0.2, 0.25) is 0 Å². The van der Waals surface area contributed by atoms with E-state index in [9.17, 15) is 0 Å². The molecule has 0 aromatic heterocycles. The van der Waals surface area contributed by atoms with E-state index in [1.54, 1.807) is 0 Å². The Balaban J connectivity index is 3.83. The van der Waals surface area contributed by atoms with Gasteiger partial charge in [0.15, 0.2) is 0 Å². The number of hydrogen-bond donors (Lipinski definition) is 0. The van der Waals surface area contributed by atoms with Gasteiger partial charge in [0.05, 0.1) is 0 Å². The van der Waals surface area contributed by atoms with Crippen molar-refractivity contribution in [3.63, 3.8) is 0 Å². The molecule has 0 aromatic rings. The van der Waals surface area contributed by atoms with E-state index in [4.69, 9.17) is 11.8 Å². The lowest BCUT2D eigenvalue weighted by atomic mass is 10.9. The van der Waals surface area contributed by atoms with E-state index in [1.807, 2.05) is 0 Å². The molecule has 62 valence electrons. The summed E-state index contributed by atoms with van der Waals surface area (Å²) in [5.74, 6) is 0. The van der Waals surface area contributed by atoms with Crippen LogP contribution in [-0.4, -0.2) is 27.3 Å². The summed E-state index contributed by atoms with van der Waals surface area (Å²) in [5.41, 5.74) is 0. The monoisotopic (exact) mass is 402 g/mol. The van der Waals surface area contributed by atoms with Gasteiger partial charge in [-0.1, -0.05) is 63.9 Å². The van der Waals surface area contributed by atoms with Gasteiger partial charge >= 0.3 is 0 Å². The second-order valence-electron chi connectivity index (χ2n) is 2.20. The molecule has 0 heterocycles. The summed E-state index contributed by atoms with van der Waals surface area (Å²) in [7, 11) is 0. The molecular weight excluding hydrogens is 389 g/mol. The topological polar surface area (TPSA) is 0 Å². The summed E-state index contributed by atoms with van der Waals surface area (Å²) in [5, 5.41) is 0. The number of alkyl halides is 2. The molecule has 0 N–H and O–H groups in total. The summed E-state index contributed by atoms with van der Waals surface area (Å²) in [6.45, 7) is 2.25. The Kier molecular flexibility index (Phi) is 8.00. The number of rotatable bonds is 5. The Morgan fingerprint density at radius 3 is 1.80 bits per heavy atom. The van der Waals surface area contributed by atoms with Crippen LogP contribution >= 0.6 is 51.2 Å². The minimum Gasteiger partial charge on any atom is -0.0974 e. The molecule has 0 aliphatic heterocycles. The van der Waals surface area contributed by atoms with Crippen LogP contribution in [0.3, 0.4) is 0 Å². The van der Waals surface area contributed by atoms with E-state index in [2.05, 4.69) is 52.1 Å². The largest absolute Gasteiger partial charge is 0.0974 e. The third kappa shape index (κ3) is 4.88. The Bertz CT molecular complexity index is 117. The van der Waals surface area contributed by atoms with E-state index in [0.717, 1.165) is 0 Å². The van der Waals surface area contributed by atoms with Crippen LogP contribution in [0.1, 0.15) is 6.92 Å². The van der Waals surface area contributed by atoms with Crippen LogP contribution in [-0.2, 0) is 11.8 Å². The predicted octanol–water partition coefficient (Wildman–Crippen LogP) is 3.36. The normalized spacial score (nSPS) is 11.9. The first-order chi connectivity index (χ1) is 4.68. The van der Waals surface area contributed by atoms with Crippen molar-refractivity contribution < 1.29 is 0 Å². The van der Waals surface area contributed by atoms with Crippen LogP contribution in [0.4, 0.5) is 0 Å². The molecule has 0 saturated heterocycles. The Morgan fingerprint density at radius 2 is 1.60 bits per heavy atom. The lowest BCUT2D eigenvalue weighted by Crippen LogP contribution is -1.99. The van der Waals surface area contributed by atoms with Crippen molar-refractivity contribution in [1.29, 1.82) is 0 Å². The first-order valence-electron chi connectivity index (χ1n) is 3.37. The lowest BCUT2D eigenvalue weighted by Gasteiger charge is -2.17. The standard InChI is InChI=1S/C6H13I2PS/c1-2-9(10,5-3-7)6-4-8/h2-6H2,1H3. The molecule has 0 amide bonds. The highest BCUT2D eigenvalue weighted by molar-refractivity contribution is 14.1. The highest BCUT2D eigenvalue weighted by atomic mass is 127. The smallest absolute Gasteiger partial charge is 0.00419 e. The summed E-state index contributed by atoms with van der Waals surface area (Å²) in [4.78, 5) is 0. The number of hydrogen-bond acceptors (Lipinski definition) is 1. The molecule has 4 heteroatoms. The Labute approximate surface area is 96.2 Å². The molecule has 0 spiro atoms. The first kappa shape index (κ1) is 12.1. The average molecular weight is 402 g/mol. The second kappa shape index (κ2) is 6.61. The van der Waals surface area contributed by atoms with Gasteiger partial charge in [0.25, 0.3) is 0 Å². The van der Waals surface area contributed by atoms with Crippen molar-refractivity contribution >= 4 is 63.0 Å². The molecule has 0 unspecified atom stereocenters. The Hall–Kier alpha value is 2.11. The van der Waals surface area contributed by atoms with E-state index in [1.165, 1.54) is 27.3 Å². The minimum atomic E-state index is -0.882. The van der Waals surface area contributed by atoms with Crippen molar-refractivity contribution in [2.24, 2.45) is 0 Å². The zero-order chi connectivity index (χ0) is 8.04. The van der Waals surface area contributed by atoms with Crippen molar-refractivity contribution in [2.45, 2.75) is 6.92 Å². The van der Waals surface area contributed by atoms with Gasteiger partial charge in [-0.25, -0.2) is 0 Å². The molecule has 0 saturated carbocycles. The molecular formula is C6H13I2PS. The maximum Gasteiger partial charge on any atom is 0.00419 e. The summed E-state index contributed by atoms with van der Waals surface area (Å²) >= 11 is 10.5. The summed E-state index contributed by atoms with van der Waals surface area (Å²) in [6.07, 6.45) is 3.87. The number of halogens is 2. The summed E-state index contributed by atoms with van der Waals surface area (Å²) in [6, 6.07) is -0.882. The zero-order valence-electron chi connectivity index (χ0n) is 6.15. The molecule has 10 heavy (non-hydrogen) atoms. The van der Waals surface area contributed by atoms with E-state index >= 15 is 0 Å². The zero-order valence-corrected chi connectivity index (χ0v) is 12.2. The van der Waals surface area contributed by atoms with Crippen molar-refractivity contribution in [1.82, 2.24) is 0 Å². The molecule has 0 atom stereocenters. The third-order valence-corrected chi connectivity index (χ3v) is 9.45. The molecule has 0 aliphatic carbocycles. The minimum absolute atomic E-state index is 0.882. The van der Waals surface area contributed by atoms with Crippen molar-refractivity contribution in [3.8, 4) is 0 Å². The average Bonchev–Trinajstić information content (AvgIpc) is 1.89. The molecule has 0 nitrogen and oxygen atoms in total. The SMILES string of the molecule is CCP(=S)(CCI)CCI. The van der Waals surface area contributed by atoms with Gasteiger partial charge in [-0.3, -0.25) is 0 Å². The van der Waals surface area contributed by atoms with Crippen LogP contribution in [0.25, 0.3) is 0 Å². The van der Waals surface area contributed by atoms with Crippen LogP contribution in [0, 0.1) is 0 Å². The summed E-state index contributed by atoms with van der Waals surface area (Å²) < 4.78 is 2.50. The van der Waals surface area contributed by atoms with Crippen molar-refractivity contribution in [3.05, 3.63) is 0 Å². The highest BCUT2D eigenvalue weighted by Crippen LogP contribution is 2.45. The van der Waals surface area contributed by atoms with E-state index < -0.39 is 6.04 Å².